The molecule has 3 aromatic heterocycles. The van der Waals surface area contributed by atoms with Crippen molar-refractivity contribution in [3.63, 3.8) is 0 Å². The van der Waals surface area contributed by atoms with Crippen molar-refractivity contribution >= 4 is 17.4 Å². The molecule has 0 spiro atoms. The molecule has 33 heavy (non-hydrogen) atoms. The van der Waals surface area contributed by atoms with Gasteiger partial charge in [-0.3, -0.25) is 9.78 Å². The first kappa shape index (κ1) is 20.6. The summed E-state index contributed by atoms with van der Waals surface area (Å²) < 4.78 is 14.4. The molecule has 8 nitrogen and oxygen atoms in total. The Morgan fingerprint density at radius 3 is 2.70 bits per heavy atom. The second kappa shape index (κ2) is 8.70. The van der Waals surface area contributed by atoms with E-state index < -0.39 is 5.82 Å². The van der Waals surface area contributed by atoms with Crippen molar-refractivity contribution in [2.45, 2.75) is 19.9 Å². The summed E-state index contributed by atoms with van der Waals surface area (Å²) >= 11 is 0. The summed E-state index contributed by atoms with van der Waals surface area (Å²) in [6.45, 7) is 2.56. The van der Waals surface area contributed by atoms with E-state index in [1.807, 2.05) is 12.1 Å². The van der Waals surface area contributed by atoms with Gasteiger partial charge < -0.3 is 10.2 Å². The number of aromatic nitrogens is 5. The fourth-order valence-corrected chi connectivity index (χ4v) is 3.78. The summed E-state index contributed by atoms with van der Waals surface area (Å²) in [5, 5.41) is 3.12. The van der Waals surface area contributed by atoms with Crippen molar-refractivity contribution in [2.24, 2.45) is 0 Å². The SMILES string of the molecule is Cc1ncncc1C(=O)N1CCc2nc(-c3ccncc3)nc(Nc3ccccc3F)c2C1. The van der Waals surface area contributed by atoms with Crippen molar-refractivity contribution < 1.29 is 9.18 Å². The summed E-state index contributed by atoms with van der Waals surface area (Å²) in [5.41, 5.74) is 3.76. The summed E-state index contributed by atoms with van der Waals surface area (Å²) in [5.74, 6) is 0.433. The van der Waals surface area contributed by atoms with Crippen LogP contribution in [-0.4, -0.2) is 42.3 Å². The third-order valence-electron chi connectivity index (χ3n) is 5.55. The number of anilines is 2. The highest BCUT2D eigenvalue weighted by Gasteiger charge is 2.28. The van der Waals surface area contributed by atoms with E-state index in [9.17, 15) is 9.18 Å². The maximum Gasteiger partial charge on any atom is 0.257 e. The number of hydrogen-bond acceptors (Lipinski definition) is 7. The predicted octanol–water partition coefficient (Wildman–Crippen LogP) is 3.72. The van der Waals surface area contributed by atoms with Gasteiger partial charge >= 0.3 is 0 Å². The Kier molecular flexibility index (Phi) is 5.43. The van der Waals surface area contributed by atoms with E-state index in [0.29, 0.717) is 41.6 Å². The highest BCUT2D eigenvalue weighted by Crippen LogP contribution is 2.30. The monoisotopic (exact) mass is 441 g/mol. The lowest BCUT2D eigenvalue weighted by Gasteiger charge is -2.30. The number of amides is 1. The number of fused-ring (bicyclic) bond motifs is 1. The van der Waals surface area contributed by atoms with Crippen molar-refractivity contribution in [1.29, 1.82) is 0 Å². The average molecular weight is 441 g/mol. The summed E-state index contributed by atoms with van der Waals surface area (Å²) in [4.78, 5) is 36.5. The summed E-state index contributed by atoms with van der Waals surface area (Å²) in [6, 6.07) is 10.1. The fourth-order valence-electron chi connectivity index (χ4n) is 3.78. The van der Waals surface area contributed by atoms with Crippen LogP contribution in [0, 0.1) is 12.7 Å². The molecule has 1 aromatic carbocycles. The van der Waals surface area contributed by atoms with E-state index in [2.05, 4.69) is 20.3 Å². The number of pyridine rings is 1. The third-order valence-corrected chi connectivity index (χ3v) is 5.55. The van der Waals surface area contributed by atoms with Crippen LogP contribution < -0.4 is 5.32 Å². The minimum Gasteiger partial charge on any atom is -0.337 e. The Balaban J connectivity index is 1.55. The van der Waals surface area contributed by atoms with E-state index in [0.717, 1.165) is 16.8 Å². The minimum atomic E-state index is -0.392. The molecule has 164 valence electrons. The number of aryl methyl sites for hydroxylation is 1. The van der Waals surface area contributed by atoms with Crippen LogP contribution >= 0.6 is 0 Å². The van der Waals surface area contributed by atoms with Crippen LogP contribution in [0.3, 0.4) is 0 Å². The van der Waals surface area contributed by atoms with E-state index in [1.54, 1.807) is 42.4 Å². The van der Waals surface area contributed by atoms with Crippen molar-refractivity contribution in [1.82, 2.24) is 29.8 Å². The standard InChI is InChI=1S/C24H20FN7O/c1-15-17(12-27-14-28-15)24(33)32-11-8-20-18(13-32)23(30-21-5-3-2-4-19(21)25)31-22(29-20)16-6-9-26-10-7-16/h2-7,9-10,12,14H,8,11,13H2,1H3,(H,29,30,31). The molecular formula is C24H20FN7O. The van der Waals surface area contributed by atoms with Gasteiger partial charge in [0.2, 0.25) is 0 Å². The van der Waals surface area contributed by atoms with Crippen LogP contribution in [0.5, 0.6) is 0 Å². The van der Waals surface area contributed by atoms with Crippen LogP contribution in [0.4, 0.5) is 15.9 Å². The Morgan fingerprint density at radius 1 is 1.09 bits per heavy atom. The van der Waals surface area contributed by atoms with Crippen LogP contribution in [0.25, 0.3) is 11.4 Å². The third kappa shape index (κ3) is 4.12. The first-order valence-corrected chi connectivity index (χ1v) is 10.5. The number of hydrogen-bond donors (Lipinski definition) is 1. The van der Waals surface area contributed by atoms with Crippen LogP contribution in [0.15, 0.2) is 61.3 Å². The van der Waals surface area contributed by atoms with Gasteiger partial charge in [-0.15, -0.1) is 0 Å². The number of carbonyl (C=O) groups excluding carboxylic acids is 1. The minimum absolute atomic E-state index is 0.159. The van der Waals surface area contributed by atoms with Crippen LogP contribution in [-0.2, 0) is 13.0 Å². The maximum atomic E-state index is 14.4. The molecule has 1 N–H and O–H groups in total. The molecule has 1 aliphatic rings. The predicted molar refractivity (Wildman–Crippen MR) is 120 cm³/mol. The van der Waals surface area contributed by atoms with Gasteiger partial charge in [0.25, 0.3) is 5.91 Å². The van der Waals surface area contributed by atoms with Gasteiger partial charge in [0, 0.05) is 42.7 Å². The number of nitrogens with one attached hydrogen (secondary N) is 1. The first-order chi connectivity index (χ1) is 16.1. The second-order valence-electron chi connectivity index (χ2n) is 7.66. The maximum absolute atomic E-state index is 14.4. The molecule has 4 heterocycles. The van der Waals surface area contributed by atoms with Crippen molar-refractivity contribution in [2.75, 3.05) is 11.9 Å². The Bertz CT molecular complexity index is 1330. The zero-order valence-corrected chi connectivity index (χ0v) is 17.9. The lowest BCUT2D eigenvalue weighted by Crippen LogP contribution is -2.37. The molecule has 1 aliphatic heterocycles. The molecule has 0 radical (unpaired) electrons. The van der Waals surface area contributed by atoms with E-state index >= 15 is 0 Å². The molecular weight excluding hydrogens is 421 g/mol. The number of rotatable bonds is 4. The molecule has 0 fully saturated rings. The van der Waals surface area contributed by atoms with Gasteiger partial charge in [-0.05, 0) is 31.2 Å². The summed E-state index contributed by atoms with van der Waals surface area (Å²) in [7, 11) is 0. The molecule has 0 bridgehead atoms. The number of nitrogens with zero attached hydrogens (tertiary/aromatic N) is 6. The lowest BCUT2D eigenvalue weighted by molar-refractivity contribution is 0.0732. The largest absolute Gasteiger partial charge is 0.337 e. The van der Waals surface area contributed by atoms with Crippen molar-refractivity contribution in [3.8, 4) is 11.4 Å². The van der Waals surface area contributed by atoms with Crippen LogP contribution in [0.2, 0.25) is 0 Å². The Labute approximate surface area is 189 Å². The van der Waals surface area contributed by atoms with Crippen LogP contribution in [0.1, 0.15) is 27.3 Å². The zero-order valence-electron chi connectivity index (χ0n) is 17.9. The van der Waals surface area contributed by atoms with Gasteiger partial charge in [0.15, 0.2) is 5.82 Å². The number of para-hydroxylation sites is 1. The van der Waals surface area contributed by atoms with E-state index in [1.165, 1.54) is 18.6 Å². The lowest BCUT2D eigenvalue weighted by atomic mass is 10.0. The van der Waals surface area contributed by atoms with E-state index in [-0.39, 0.29) is 12.5 Å². The molecule has 9 heteroatoms. The molecule has 5 rings (SSSR count). The molecule has 0 saturated heterocycles. The molecule has 0 atom stereocenters. The molecule has 1 amide bonds. The smallest absolute Gasteiger partial charge is 0.257 e. The van der Waals surface area contributed by atoms with Gasteiger partial charge in [-0.2, -0.15) is 0 Å². The zero-order chi connectivity index (χ0) is 22.8. The quantitative estimate of drug-likeness (QED) is 0.516. The van der Waals surface area contributed by atoms with Gasteiger partial charge in [0.1, 0.15) is 18.0 Å². The Hall–Kier alpha value is -4.27. The second-order valence-corrected chi connectivity index (χ2v) is 7.66. The molecule has 4 aromatic rings. The number of halogens is 1. The van der Waals surface area contributed by atoms with Gasteiger partial charge in [0.05, 0.1) is 29.2 Å². The highest BCUT2D eigenvalue weighted by molar-refractivity contribution is 5.95. The van der Waals surface area contributed by atoms with Gasteiger partial charge in [-0.25, -0.2) is 24.3 Å². The number of benzene rings is 1. The first-order valence-electron chi connectivity index (χ1n) is 10.5. The molecule has 0 aliphatic carbocycles. The van der Waals surface area contributed by atoms with E-state index in [4.69, 9.17) is 9.97 Å². The number of carbonyl (C=O) groups is 1. The highest BCUT2D eigenvalue weighted by atomic mass is 19.1. The fraction of sp³-hybridized carbons (Fsp3) is 0.167. The normalized spacial score (nSPS) is 12.8. The summed E-state index contributed by atoms with van der Waals surface area (Å²) in [6.07, 6.45) is 6.84. The average Bonchev–Trinajstić information content (AvgIpc) is 2.85. The molecule has 0 unspecified atom stereocenters. The van der Waals surface area contributed by atoms with Gasteiger partial charge in [-0.1, -0.05) is 12.1 Å². The Morgan fingerprint density at radius 2 is 1.91 bits per heavy atom. The topological polar surface area (TPSA) is 96.8 Å². The molecule has 0 saturated carbocycles. The van der Waals surface area contributed by atoms with Crippen molar-refractivity contribution in [3.05, 3.63) is 89.6 Å².